The van der Waals surface area contributed by atoms with Crippen molar-refractivity contribution in [2.45, 2.75) is 25.9 Å². The third kappa shape index (κ3) is 2.70. The van der Waals surface area contributed by atoms with E-state index in [-0.39, 0.29) is 12.5 Å². The van der Waals surface area contributed by atoms with Crippen LogP contribution in [0.4, 0.5) is 0 Å². The summed E-state index contributed by atoms with van der Waals surface area (Å²) < 4.78 is 0. The van der Waals surface area contributed by atoms with Gasteiger partial charge in [-0.05, 0) is 12.8 Å². The van der Waals surface area contributed by atoms with Crippen molar-refractivity contribution in [3.05, 3.63) is 0 Å². The van der Waals surface area contributed by atoms with Crippen LogP contribution < -0.4 is 5.32 Å². The summed E-state index contributed by atoms with van der Waals surface area (Å²) in [4.78, 5) is 21.7. The fraction of sp³-hybridized carbons (Fsp3) is 0.778. The van der Waals surface area contributed by atoms with Crippen molar-refractivity contribution in [3.8, 4) is 0 Å². The Balaban J connectivity index is 2.21. The number of carboxylic acids is 1. The molecule has 1 fully saturated rings. The molecule has 0 spiro atoms. The van der Waals surface area contributed by atoms with E-state index in [0.717, 1.165) is 0 Å². The zero-order chi connectivity index (χ0) is 10.7. The Hall–Kier alpha value is -1.10. The third-order valence-corrected chi connectivity index (χ3v) is 2.43. The summed E-state index contributed by atoms with van der Waals surface area (Å²) in [5.74, 6) is -2.09. The summed E-state index contributed by atoms with van der Waals surface area (Å²) >= 11 is 0. The first-order chi connectivity index (χ1) is 6.56. The molecule has 1 aliphatic carbocycles. The minimum atomic E-state index is -0.916. The van der Waals surface area contributed by atoms with Gasteiger partial charge in [-0.1, -0.05) is 6.92 Å². The lowest BCUT2D eigenvalue weighted by atomic mass is 10.2. The first-order valence-corrected chi connectivity index (χ1v) is 4.74. The lowest BCUT2D eigenvalue weighted by Gasteiger charge is -2.08. The number of carboxylic acid groups (broad SMARTS) is 1. The monoisotopic (exact) mass is 201 g/mol. The molecule has 0 aromatic carbocycles. The van der Waals surface area contributed by atoms with Gasteiger partial charge in [-0.2, -0.15) is 0 Å². The number of aliphatic hydroxyl groups excluding tert-OH is 1. The molecule has 14 heavy (non-hydrogen) atoms. The second kappa shape index (κ2) is 4.41. The Morgan fingerprint density at radius 2 is 2.14 bits per heavy atom. The topological polar surface area (TPSA) is 86.6 Å². The molecule has 0 radical (unpaired) electrons. The molecule has 0 aromatic heterocycles. The molecule has 3 unspecified atom stereocenters. The van der Waals surface area contributed by atoms with Gasteiger partial charge in [0.05, 0.1) is 17.9 Å². The van der Waals surface area contributed by atoms with Crippen molar-refractivity contribution in [2.24, 2.45) is 11.8 Å². The third-order valence-electron chi connectivity index (χ3n) is 2.43. The predicted octanol–water partition coefficient (Wildman–Crippen LogP) is -0.406. The van der Waals surface area contributed by atoms with Crippen molar-refractivity contribution < 1.29 is 19.8 Å². The van der Waals surface area contributed by atoms with Crippen LogP contribution in [-0.2, 0) is 9.59 Å². The smallest absolute Gasteiger partial charge is 0.307 e. The molecule has 0 aliphatic heterocycles. The number of hydrogen-bond acceptors (Lipinski definition) is 3. The van der Waals surface area contributed by atoms with Crippen molar-refractivity contribution >= 4 is 11.9 Å². The van der Waals surface area contributed by atoms with Crippen LogP contribution in [0.5, 0.6) is 0 Å². The number of rotatable bonds is 5. The normalized spacial score (nSPS) is 26.7. The Morgan fingerprint density at radius 1 is 1.50 bits per heavy atom. The van der Waals surface area contributed by atoms with Gasteiger partial charge in [-0.15, -0.1) is 0 Å². The van der Waals surface area contributed by atoms with Crippen LogP contribution >= 0.6 is 0 Å². The summed E-state index contributed by atoms with van der Waals surface area (Å²) in [6, 6.07) is 0. The Labute approximate surface area is 82.1 Å². The first-order valence-electron chi connectivity index (χ1n) is 4.74. The maximum absolute atomic E-state index is 11.3. The van der Waals surface area contributed by atoms with Crippen molar-refractivity contribution in [2.75, 3.05) is 6.54 Å². The van der Waals surface area contributed by atoms with E-state index in [9.17, 15) is 9.59 Å². The zero-order valence-corrected chi connectivity index (χ0v) is 8.06. The Bertz CT molecular complexity index is 241. The van der Waals surface area contributed by atoms with E-state index in [1.54, 1.807) is 0 Å². The van der Waals surface area contributed by atoms with Crippen LogP contribution in [0.15, 0.2) is 0 Å². The quantitative estimate of drug-likeness (QED) is 0.564. The molecule has 1 amide bonds. The maximum atomic E-state index is 11.3. The lowest BCUT2D eigenvalue weighted by Crippen LogP contribution is -2.33. The fourth-order valence-electron chi connectivity index (χ4n) is 1.25. The standard InChI is InChI=1S/C9H15NO4/c1-2-5(11)4-10-8(12)6-3-7(6)9(13)14/h5-7,11H,2-4H2,1H3,(H,10,12)(H,13,14). The fourth-order valence-corrected chi connectivity index (χ4v) is 1.25. The molecule has 0 heterocycles. The van der Waals surface area contributed by atoms with Gasteiger partial charge in [0.25, 0.3) is 0 Å². The molecule has 1 aliphatic rings. The van der Waals surface area contributed by atoms with Crippen LogP contribution in [0, 0.1) is 11.8 Å². The molecule has 80 valence electrons. The molecule has 0 bridgehead atoms. The predicted molar refractivity (Wildman–Crippen MR) is 48.5 cm³/mol. The molecular formula is C9H15NO4. The number of aliphatic carboxylic acids is 1. The number of carbonyl (C=O) groups is 2. The molecule has 5 nitrogen and oxygen atoms in total. The molecular weight excluding hydrogens is 186 g/mol. The van der Waals surface area contributed by atoms with Crippen molar-refractivity contribution in [1.29, 1.82) is 0 Å². The van der Waals surface area contributed by atoms with Gasteiger partial charge in [0.15, 0.2) is 0 Å². The largest absolute Gasteiger partial charge is 0.481 e. The van der Waals surface area contributed by atoms with Gasteiger partial charge in [0, 0.05) is 6.54 Å². The van der Waals surface area contributed by atoms with Gasteiger partial charge in [0.2, 0.25) is 5.91 Å². The van der Waals surface area contributed by atoms with Gasteiger partial charge in [0.1, 0.15) is 0 Å². The summed E-state index contributed by atoms with van der Waals surface area (Å²) in [6.07, 6.45) is 0.456. The van der Waals surface area contributed by atoms with Crippen molar-refractivity contribution in [1.82, 2.24) is 5.32 Å². The second-order valence-electron chi connectivity index (χ2n) is 3.59. The minimum Gasteiger partial charge on any atom is -0.481 e. The van der Waals surface area contributed by atoms with Gasteiger partial charge >= 0.3 is 5.97 Å². The van der Waals surface area contributed by atoms with Gasteiger partial charge < -0.3 is 15.5 Å². The van der Waals surface area contributed by atoms with Gasteiger partial charge in [-0.3, -0.25) is 9.59 Å². The van der Waals surface area contributed by atoms with Crippen LogP contribution in [0.1, 0.15) is 19.8 Å². The van der Waals surface area contributed by atoms with Crippen molar-refractivity contribution in [3.63, 3.8) is 0 Å². The highest BCUT2D eigenvalue weighted by Gasteiger charge is 2.48. The number of carbonyl (C=O) groups excluding carboxylic acids is 1. The molecule has 0 saturated heterocycles. The number of amides is 1. The van der Waals surface area contributed by atoms with Crippen LogP contribution in [-0.4, -0.2) is 34.7 Å². The lowest BCUT2D eigenvalue weighted by molar-refractivity contribution is -0.140. The summed E-state index contributed by atoms with van der Waals surface area (Å²) in [5, 5.41) is 20.2. The molecule has 5 heteroatoms. The average Bonchev–Trinajstić information content (AvgIpc) is 2.92. The summed E-state index contributed by atoms with van der Waals surface area (Å²) in [5.41, 5.74) is 0. The van der Waals surface area contributed by atoms with E-state index in [1.165, 1.54) is 0 Å². The van der Waals surface area contributed by atoms with Crippen LogP contribution in [0.2, 0.25) is 0 Å². The van der Waals surface area contributed by atoms with E-state index in [1.807, 2.05) is 6.92 Å². The van der Waals surface area contributed by atoms with Crippen LogP contribution in [0.3, 0.4) is 0 Å². The Morgan fingerprint density at radius 3 is 2.57 bits per heavy atom. The highest BCUT2D eigenvalue weighted by Crippen LogP contribution is 2.38. The average molecular weight is 201 g/mol. The molecule has 1 saturated carbocycles. The van der Waals surface area contributed by atoms with E-state index in [4.69, 9.17) is 10.2 Å². The van der Waals surface area contributed by atoms with Gasteiger partial charge in [-0.25, -0.2) is 0 Å². The number of nitrogens with one attached hydrogen (secondary N) is 1. The highest BCUT2D eigenvalue weighted by molar-refractivity contribution is 5.89. The Kier molecular flexibility index (Phi) is 3.46. The molecule has 3 atom stereocenters. The van der Waals surface area contributed by atoms with E-state index >= 15 is 0 Å². The summed E-state index contributed by atoms with van der Waals surface area (Å²) in [7, 11) is 0. The highest BCUT2D eigenvalue weighted by atomic mass is 16.4. The number of hydrogen-bond donors (Lipinski definition) is 3. The van der Waals surface area contributed by atoms with E-state index in [0.29, 0.717) is 12.8 Å². The van der Waals surface area contributed by atoms with E-state index < -0.39 is 23.9 Å². The summed E-state index contributed by atoms with van der Waals surface area (Å²) in [6.45, 7) is 2.02. The second-order valence-corrected chi connectivity index (χ2v) is 3.59. The van der Waals surface area contributed by atoms with Crippen LogP contribution in [0.25, 0.3) is 0 Å². The molecule has 3 N–H and O–H groups in total. The first kappa shape index (κ1) is 11.0. The maximum Gasteiger partial charge on any atom is 0.307 e. The molecule has 0 aromatic rings. The SMILES string of the molecule is CCC(O)CNC(=O)C1CC1C(=O)O. The minimum absolute atomic E-state index is 0.207. The zero-order valence-electron chi connectivity index (χ0n) is 8.06. The number of aliphatic hydroxyl groups is 1. The van der Waals surface area contributed by atoms with E-state index in [2.05, 4.69) is 5.32 Å². The molecule has 1 rings (SSSR count).